The van der Waals surface area contributed by atoms with Crippen LogP contribution < -0.4 is 10.2 Å². The van der Waals surface area contributed by atoms with E-state index in [9.17, 15) is 9.59 Å². The fourth-order valence-electron chi connectivity index (χ4n) is 3.04. The highest BCUT2D eigenvalue weighted by Crippen LogP contribution is 2.32. The molecule has 30 heavy (non-hydrogen) atoms. The lowest BCUT2D eigenvalue weighted by molar-refractivity contribution is -0.121. The number of imide groups is 1. The number of benzene rings is 3. The van der Waals surface area contributed by atoms with Crippen molar-refractivity contribution in [3.05, 3.63) is 90.0 Å². The van der Waals surface area contributed by atoms with Crippen molar-refractivity contribution in [3.8, 4) is 0 Å². The van der Waals surface area contributed by atoms with E-state index in [-0.39, 0.29) is 18.2 Å². The summed E-state index contributed by atoms with van der Waals surface area (Å²) in [5, 5.41) is 3.80. The number of nitrogens with one attached hydrogen (secondary N) is 1. The summed E-state index contributed by atoms with van der Waals surface area (Å²) in [6, 6.07) is 25.8. The van der Waals surface area contributed by atoms with Crippen LogP contribution in [0.3, 0.4) is 0 Å². The lowest BCUT2D eigenvalue weighted by atomic mass is 10.3. The number of aliphatic imine (C=N–C) groups is 1. The topological polar surface area (TPSA) is 61.8 Å². The molecule has 1 N–H and O–H groups in total. The van der Waals surface area contributed by atoms with Crippen LogP contribution >= 0.6 is 23.4 Å². The van der Waals surface area contributed by atoms with Crippen LogP contribution in [0.5, 0.6) is 0 Å². The molecule has 4 rings (SSSR count). The Balaban J connectivity index is 1.58. The molecule has 3 aromatic rings. The molecule has 1 heterocycles. The maximum atomic E-state index is 13.0. The van der Waals surface area contributed by atoms with E-state index in [1.54, 1.807) is 24.3 Å². The Labute approximate surface area is 183 Å². The number of amides is 2. The first-order valence-electron chi connectivity index (χ1n) is 9.35. The zero-order valence-corrected chi connectivity index (χ0v) is 17.4. The van der Waals surface area contributed by atoms with Crippen LogP contribution in [0, 0.1) is 0 Å². The number of hydrogen-bond donors (Lipinski definition) is 1. The van der Waals surface area contributed by atoms with Gasteiger partial charge in [-0.3, -0.25) is 9.59 Å². The van der Waals surface area contributed by atoms with Gasteiger partial charge in [-0.05, 0) is 48.5 Å². The highest BCUT2D eigenvalue weighted by Gasteiger charge is 2.40. The highest BCUT2D eigenvalue weighted by atomic mass is 35.5. The largest absolute Gasteiger partial charge is 0.335 e. The molecule has 0 saturated carbocycles. The third-order valence-corrected chi connectivity index (χ3v) is 5.78. The lowest BCUT2D eigenvalue weighted by Crippen LogP contribution is -2.31. The SMILES string of the molecule is O=C1C[C@@H](SC(=Nc2ccccc2)Nc2ccccc2)C(=O)N1c1ccc(Cl)cc1. The van der Waals surface area contributed by atoms with Crippen molar-refractivity contribution in [1.29, 1.82) is 0 Å². The van der Waals surface area contributed by atoms with Crippen LogP contribution in [0.1, 0.15) is 6.42 Å². The second kappa shape index (κ2) is 9.15. The number of halogens is 1. The summed E-state index contributed by atoms with van der Waals surface area (Å²) in [7, 11) is 0. The Morgan fingerprint density at radius 3 is 2.23 bits per heavy atom. The predicted octanol–water partition coefficient (Wildman–Crippen LogP) is 5.50. The Hall–Kier alpha value is -3.09. The van der Waals surface area contributed by atoms with E-state index in [1.807, 2.05) is 60.7 Å². The minimum atomic E-state index is -0.563. The zero-order chi connectivity index (χ0) is 20.9. The first-order valence-corrected chi connectivity index (χ1v) is 10.6. The van der Waals surface area contributed by atoms with E-state index < -0.39 is 5.25 Å². The second-order valence-corrected chi connectivity index (χ2v) is 8.23. The second-order valence-electron chi connectivity index (χ2n) is 6.60. The first-order chi connectivity index (χ1) is 14.6. The van der Waals surface area contributed by atoms with Gasteiger partial charge in [-0.25, -0.2) is 9.89 Å². The summed E-state index contributed by atoms with van der Waals surface area (Å²) in [4.78, 5) is 31.5. The highest BCUT2D eigenvalue weighted by molar-refractivity contribution is 8.15. The standard InChI is InChI=1S/C23H18ClN3O2S/c24-16-11-13-19(14-12-16)27-21(28)15-20(22(27)29)30-23(25-17-7-3-1-4-8-17)26-18-9-5-2-6-10-18/h1-14,20H,15H2,(H,25,26)/t20-/m1/s1. The molecule has 1 fully saturated rings. The van der Waals surface area contributed by atoms with Crippen LogP contribution in [0.4, 0.5) is 17.1 Å². The van der Waals surface area contributed by atoms with Gasteiger partial charge in [0.25, 0.3) is 0 Å². The molecule has 1 atom stereocenters. The third kappa shape index (κ3) is 4.72. The minimum absolute atomic E-state index is 0.108. The molecule has 1 saturated heterocycles. The Morgan fingerprint density at radius 1 is 0.933 bits per heavy atom. The van der Waals surface area contributed by atoms with Gasteiger partial charge >= 0.3 is 0 Å². The molecule has 3 aromatic carbocycles. The van der Waals surface area contributed by atoms with Crippen LogP contribution in [-0.2, 0) is 9.59 Å². The maximum Gasteiger partial charge on any atom is 0.247 e. The quantitative estimate of drug-likeness (QED) is 0.333. The van der Waals surface area contributed by atoms with Crippen LogP contribution in [0.2, 0.25) is 5.02 Å². The summed E-state index contributed by atoms with van der Waals surface area (Å²) in [5.41, 5.74) is 2.14. The summed E-state index contributed by atoms with van der Waals surface area (Å²) in [5.74, 6) is -0.499. The van der Waals surface area contributed by atoms with Crippen molar-refractivity contribution in [1.82, 2.24) is 0 Å². The molecule has 0 unspecified atom stereocenters. The van der Waals surface area contributed by atoms with Gasteiger partial charge in [0.05, 0.1) is 11.4 Å². The molecule has 0 bridgehead atoms. The zero-order valence-electron chi connectivity index (χ0n) is 15.9. The van der Waals surface area contributed by atoms with Gasteiger partial charge in [-0.15, -0.1) is 0 Å². The molecule has 0 radical (unpaired) electrons. The fourth-order valence-corrected chi connectivity index (χ4v) is 4.20. The lowest BCUT2D eigenvalue weighted by Gasteiger charge is -2.16. The summed E-state index contributed by atoms with van der Waals surface area (Å²) in [6.45, 7) is 0. The predicted molar refractivity (Wildman–Crippen MR) is 124 cm³/mol. The van der Waals surface area contributed by atoms with Gasteiger partial charge in [-0.1, -0.05) is 59.8 Å². The van der Waals surface area contributed by atoms with Crippen molar-refractivity contribution < 1.29 is 9.59 Å². The van der Waals surface area contributed by atoms with E-state index in [0.29, 0.717) is 15.9 Å². The van der Waals surface area contributed by atoms with E-state index in [1.165, 1.54) is 16.7 Å². The van der Waals surface area contributed by atoms with E-state index in [0.717, 1.165) is 11.4 Å². The molecule has 150 valence electrons. The van der Waals surface area contributed by atoms with Crippen molar-refractivity contribution in [2.24, 2.45) is 4.99 Å². The van der Waals surface area contributed by atoms with Crippen LogP contribution in [-0.4, -0.2) is 22.2 Å². The van der Waals surface area contributed by atoms with Gasteiger partial charge in [0.15, 0.2) is 5.17 Å². The summed E-state index contributed by atoms with van der Waals surface area (Å²) < 4.78 is 0. The Morgan fingerprint density at radius 2 is 1.57 bits per heavy atom. The van der Waals surface area contributed by atoms with Crippen LogP contribution in [0.25, 0.3) is 0 Å². The summed E-state index contributed by atoms with van der Waals surface area (Å²) >= 11 is 7.18. The Kier molecular flexibility index (Phi) is 6.16. The number of hydrogen-bond acceptors (Lipinski definition) is 4. The smallest absolute Gasteiger partial charge is 0.247 e. The van der Waals surface area contributed by atoms with Crippen molar-refractivity contribution >= 4 is 57.4 Å². The first kappa shape index (κ1) is 20.2. The average Bonchev–Trinajstić information content (AvgIpc) is 3.03. The minimum Gasteiger partial charge on any atom is -0.335 e. The number of thioether (sulfide) groups is 1. The molecule has 0 spiro atoms. The number of amidine groups is 1. The fraction of sp³-hybridized carbons (Fsp3) is 0.0870. The molecule has 2 amide bonds. The van der Waals surface area contributed by atoms with Gasteiger partial charge in [0.2, 0.25) is 11.8 Å². The monoisotopic (exact) mass is 435 g/mol. The molecular weight excluding hydrogens is 418 g/mol. The number of rotatable bonds is 4. The normalized spacial score (nSPS) is 16.8. The number of nitrogens with zero attached hydrogens (tertiary/aromatic N) is 2. The van der Waals surface area contributed by atoms with Gasteiger partial charge in [0, 0.05) is 17.1 Å². The Bertz CT molecular complexity index is 1070. The number of carbonyl (C=O) groups excluding carboxylic acids is 2. The molecule has 0 aromatic heterocycles. The number of para-hydroxylation sites is 2. The molecular formula is C23H18ClN3O2S. The number of carbonyl (C=O) groups is 2. The van der Waals surface area contributed by atoms with E-state index >= 15 is 0 Å². The molecule has 0 aliphatic carbocycles. The summed E-state index contributed by atoms with van der Waals surface area (Å²) in [6.07, 6.45) is 0.108. The maximum absolute atomic E-state index is 13.0. The van der Waals surface area contributed by atoms with Crippen LogP contribution in [0.15, 0.2) is 89.9 Å². The molecule has 5 nitrogen and oxygen atoms in total. The van der Waals surface area contributed by atoms with Crippen molar-refractivity contribution in [2.45, 2.75) is 11.7 Å². The third-order valence-electron chi connectivity index (χ3n) is 4.46. The van der Waals surface area contributed by atoms with E-state index in [4.69, 9.17) is 11.6 Å². The van der Waals surface area contributed by atoms with Gasteiger partial charge in [-0.2, -0.15) is 0 Å². The van der Waals surface area contributed by atoms with Crippen molar-refractivity contribution in [3.63, 3.8) is 0 Å². The molecule has 1 aliphatic heterocycles. The van der Waals surface area contributed by atoms with Gasteiger partial charge in [0.1, 0.15) is 5.25 Å². The molecule has 7 heteroatoms. The van der Waals surface area contributed by atoms with E-state index in [2.05, 4.69) is 10.3 Å². The molecule has 1 aliphatic rings. The van der Waals surface area contributed by atoms with Crippen molar-refractivity contribution in [2.75, 3.05) is 10.2 Å². The van der Waals surface area contributed by atoms with Gasteiger partial charge < -0.3 is 5.32 Å². The number of anilines is 2. The average molecular weight is 436 g/mol.